The molecule has 0 fully saturated rings. The molecule has 0 aromatic heterocycles. The van der Waals surface area contributed by atoms with E-state index in [0.29, 0.717) is 0 Å². The number of nitrogens with zero attached hydrogens (tertiary/aromatic N) is 1. The van der Waals surface area contributed by atoms with E-state index in [0.717, 1.165) is 6.08 Å². The summed E-state index contributed by atoms with van der Waals surface area (Å²) in [5, 5.41) is 13.9. The van der Waals surface area contributed by atoms with Crippen molar-refractivity contribution in [3.63, 3.8) is 0 Å². The second-order valence-corrected chi connectivity index (χ2v) is 6.47. The van der Waals surface area contributed by atoms with Crippen molar-refractivity contribution >= 4 is 23.6 Å². The first-order valence-corrected chi connectivity index (χ1v) is 8.94. The number of para-hydroxylation sites is 1. The fourth-order valence-corrected chi connectivity index (χ4v) is 2.66. The Morgan fingerprint density at radius 1 is 1.17 bits per heavy atom. The highest BCUT2D eigenvalue weighted by Crippen LogP contribution is 2.27. The molecule has 29 heavy (non-hydrogen) atoms. The number of carbonyl (C=O) groups excluding carboxylic acids is 2. The number of carbonyl (C=O) groups is 2. The fraction of sp³-hybridized carbons (Fsp3) is 0.238. The van der Waals surface area contributed by atoms with Gasteiger partial charge in [0, 0.05) is 17.7 Å². The number of nitrogens with one attached hydrogen (secondary N) is 1. The Bertz CT molecular complexity index is 927. The van der Waals surface area contributed by atoms with Crippen molar-refractivity contribution in [2.75, 3.05) is 0 Å². The van der Waals surface area contributed by atoms with Crippen molar-refractivity contribution in [1.29, 1.82) is 0 Å². The number of hydrogen-bond donors (Lipinski definition) is 1. The Hall–Kier alpha value is -3.55. The highest BCUT2D eigenvalue weighted by molar-refractivity contribution is 5.92. The number of rotatable bonds is 8. The molecule has 2 aromatic carbocycles. The zero-order valence-corrected chi connectivity index (χ0v) is 16.0. The minimum atomic E-state index is -0.986. The minimum Gasteiger partial charge on any atom is -0.463 e. The molecule has 0 saturated carbocycles. The standard InChI is InChI=1S/C21H21FN2O5/c1-14(2)29-21(26)13-18(16-8-4-6-10-19(16)24(27)28)23-20(25)12-11-15-7-3-5-9-17(15)22/h3-12,14,18H,13H2,1-2H3,(H,23,25)/b12-11+. The summed E-state index contributed by atoms with van der Waals surface area (Å²) < 4.78 is 18.8. The molecule has 2 aromatic rings. The minimum absolute atomic E-state index is 0.172. The van der Waals surface area contributed by atoms with Gasteiger partial charge in [0.15, 0.2) is 0 Å². The van der Waals surface area contributed by atoms with E-state index in [1.807, 2.05) is 0 Å². The van der Waals surface area contributed by atoms with Gasteiger partial charge in [0.1, 0.15) is 5.82 Å². The molecule has 0 aliphatic heterocycles. The quantitative estimate of drug-likeness (QED) is 0.313. The van der Waals surface area contributed by atoms with Gasteiger partial charge < -0.3 is 10.1 Å². The number of benzene rings is 2. The molecular formula is C21H21FN2O5. The van der Waals surface area contributed by atoms with Gasteiger partial charge in [-0.2, -0.15) is 0 Å². The number of ether oxygens (including phenoxy) is 1. The average molecular weight is 400 g/mol. The monoisotopic (exact) mass is 400 g/mol. The number of nitro groups is 1. The number of halogens is 1. The number of amides is 1. The topological polar surface area (TPSA) is 98.5 Å². The lowest BCUT2D eigenvalue weighted by Crippen LogP contribution is -2.30. The van der Waals surface area contributed by atoms with Crippen LogP contribution in [0.15, 0.2) is 54.6 Å². The Morgan fingerprint density at radius 2 is 1.83 bits per heavy atom. The number of hydrogen-bond acceptors (Lipinski definition) is 5. The van der Waals surface area contributed by atoms with Crippen LogP contribution < -0.4 is 5.32 Å². The van der Waals surface area contributed by atoms with Crippen molar-refractivity contribution in [2.45, 2.75) is 32.4 Å². The third-order valence-electron chi connectivity index (χ3n) is 3.88. The maximum Gasteiger partial charge on any atom is 0.308 e. The average Bonchev–Trinajstić information content (AvgIpc) is 2.66. The van der Waals surface area contributed by atoms with E-state index in [2.05, 4.69) is 5.32 Å². The molecule has 152 valence electrons. The van der Waals surface area contributed by atoms with Gasteiger partial charge in [0.05, 0.1) is 29.1 Å². The molecule has 0 spiro atoms. The zero-order chi connectivity index (χ0) is 21.4. The first-order chi connectivity index (χ1) is 13.8. The lowest BCUT2D eigenvalue weighted by atomic mass is 10.0. The van der Waals surface area contributed by atoms with Gasteiger partial charge in [-0.1, -0.05) is 36.4 Å². The van der Waals surface area contributed by atoms with E-state index in [-0.39, 0.29) is 29.3 Å². The second kappa shape index (κ2) is 10.1. The fourth-order valence-electron chi connectivity index (χ4n) is 2.66. The van der Waals surface area contributed by atoms with E-state index in [1.165, 1.54) is 42.5 Å². The molecule has 8 heteroatoms. The smallest absolute Gasteiger partial charge is 0.308 e. The highest BCUT2D eigenvalue weighted by Gasteiger charge is 2.26. The summed E-state index contributed by atoms with van der Waals surface area (Å²) in [6.45, 7) is 3.35. The normalized spacial score (nSPS) is 12.0. The first kappa shape index (κ1) is 21.7. The summed E-state index contributed by atoms with van der Waals surface area (Å²) in [6.07, 6.45) is 1.73. The third-order valence-corrected chi connectivity index (χ3v) is 3.88. The van der Waals surface area contributed by atoms with Crippen LogP contribution in [-0.4, -0.2) is 22.9 Å². The van der Waals surface area contributed by atoms with Crippen molar-refractivity contribution in [1.82, 2.24) is 5.32 Å². The van der Waals surface area contributed by atoms with Crippen molar-refractivity contribution in [2.24, 2.45) is 0 Å². The van der Waals surface area contributed by atoms with Crippen molar-refractivity contribution in [3.8, 4) is 0 Å². The van der Waals surface area contributed by atoms with Crippen LogP contribution in [-0.2, 0) is 14.3 Å². The van der Waals surface area contributed by atoms with Gasteiger partial charge in [-0.05, 0) is 26.0 Å². The Morgan fingerprint density at radius 3 is 2.48 bits per heavy atom. The molecular weight excluding hydrogens is 379 g/mol. The Balaban J connectivity index is 2.26. The molecule has 1 amide bonds. The van der Waals surface area contributed by atoms with Gasteiger partial charge in [-0.15, -0.1) is 0 Å². The summed E-state index contributed by atoms with van der Waals surface area (Å²) in [5.74, 6) is -1.73. The van der Waals surface area contributed by atoms with Crippen LogP contribution in [0.3, 0.4) is 0 Å². The van der Waals surface area contributed by atoms with Crippen LogP contribution >= 0.6 is 0 Å². The second-order valence-electron chi connectivity index (χ2n) is 6.47. The zero-order valence-electron chi connectivity index (χ0n) is 16.0. The van der Waals surface area contributed by atoms with Gasteiger partial charge >= 0.3 is 5.97 Å². The first-order valence-electron chi connectivity index (χ1n) is 8.94. The van der Waals surface area contributed by atoms with Gasteiger partial charge in [-0.25, -0.2) is 4.39 Å². The van der Waals surface area contributed by atoms with E-state index in [9.17, 15) is 24.1 Å². The predicted octanol–water partition coefficient (Wildman–Crippen LogP) is 3.95. The van der Waals surface area contributed by atoms with Crippen LogP contribution in [0.25, 0.3) is 6.08 Å². The Labute approximate surface area is 167 Å². The molecule has 0 saturated heterocycles. The number of esters is 1. The summed E-state index contributed by atoms with van der Waals surface area (Å²) >= 11 is 0. The number of nitro benzene ring substituents is 1. The van der Waals surface area contributed by atoms with Crippen LogP contribution in [0.5, 0.6) is 0 Å². The van der Waals surface area contributed by atoms with Gasteiger partial charge in [0.25, 0.3) is 5.69 Å². The summed E-state index contributed by atoms with van der Waals surface area (Å²) in [6, 6.07) is 10.7. The lowest BCUT2D eigenvalue weighted by molar-refractivity contribution is -0.385. The van der Waals surface area contributed by atoms with Crippen LogP contribution in [0.1, 0.15) is 37.4 Å². The van der Waals surface area contributed by atoms with Crippen LogP contribution in [0, 0.1) is 15.9 Å². The maximum atomic E-state index is 13.7. The van der Waals surface area contributed by atoms with Crippen molar-refractivity contribution in [3.05, 3.63) is 81.7 Å². The largest absolute Gasteiger partial charge is 0.463 e. The molecule has 2 rings (SSSR count). The molecule has 1 N–H and O–H groups in total. The summed E-state index contributed by atoms with van der Waals surface area (Å²) in [7, 11) is 0. The maximum absolute atomic E-state index is 13.7. The van der Waals surface area contributed by atoms with Crippen LogP contribution in [0.4, 0.5) is 10.1 Å². The summed E-state index contributed by atoms with van der Waals surface area (Å²) in [4.78, 5) is 35.2. The van der Waals surface area contributed by atoms with E-state index >= 15 is 0 Å². The molecule has 0 heterocycles. The molecule has 0 radical (unpaired) electrons. The Kier molecular flexibility index (Phi) is 7.59. The molecule has 1 unspecified atom stereocenters. The van der Waals surface area contributed by atoms with Gasteiger partial charge in [-0.3, -0.25) is 19.7 Å². The molecule has 0 aliphatic carbocycles. The SMILES string of the molecule is CC(C)OC(=O)CC(NC(=O)/C=C/c1ccccc1F)c1ccccc1[N+](=O)[O-]. The molecule has 7 nitrogen and oxygen atoms in total. The van der Waals surface area contributed by atoms with E-state index in [4.69, 9.17) is 4.74 Å². The predicted molar refractivity (Wildman–Crippen MR) is 105 cm³/mol. The van der Waals surface area contributed by atoms with E-state index in [1.54, 1.807) is 26.0 Å². The van der Waals surface area contributed by atoms with E-state index < -0.39 is 28.7 Å². The molecule has 0 aliphatic rings. The van der Waals surface area contributed by atoms with Crippen LogP contribution in [0.2, 0.25) is 0 Å². The van der Waals surface area contributed by atoms with Crippen molar-refractivity contribution < 1.29 is 23.6 Å². The molecule has 0 bridgehead atoms. The summed E-state index contributed by atoms with van der Waals surface area (Å²) in [5.41, 5.74) is 0.156. The lowest BCUT2D eigenvalue weighted by Gasteiger charge is -2.18. The highest BCUT2D eigenvalue weighted by atomic mass is 19.1. The molecule has 1 atom stereocenters. The van der Waals surface area contributed by atoms with Gasteiger partial charge in [0.2, 0.25) is 5.91 Å². The third kappa shape index (κ3) is 6.53.